The molecular formula is C25H22BrFN4O4. The van der Waals surface area contributed by atoms with Crippen LogP contribution in [-0.2, 0) is 14.4 Å². The molecule has 0 heterocycles. The fraction of sp³-hybridized carbons (Fsp3) is 0.120. The molecule has 0 aliphatic rings. The predicted octanol–water partition coefficient (Wildman–Crippen LogP) is 4.31. The maximum atomic E-state index is 13.6. The number of para-hydroxylation sites is 1. The van der Waals surface area contributed by atoms with Gasteiger partial charge in [-0.25, -0.2) is 9.82 Å². The third-order valence-electron chi connectivity index (χ3n) is 4.72. The van der Waals surface area contributed by atoms with Crippen molar-refractivity contribution in [1.29, 1.82) is 0 Å². The van der Waals surface area contributed by atoms with Gasteiger partial charge in [-0.2, -0.15) is 5.10 Å². The van der Waals surface area contributed by atoms with Crippen LogP contribution in [0.2, 0.25) is 0 Å². The fourth-order valence-electron chi connectivity index (χ4n) is 3.04. The summed E-state index contributed by atoms with van der Waals surface area (Å²) in [5.74, 6) is -2.58. The van der Waals surface area contributed by atoms with E-state index in [1.807, 2.05) is 26.0 Å². The Bertz CT molecular complexity index is 1260. The van der Waals surface area contributed by atoms with E-state index in [0.29, 0.717) is 11.3 Å². The van der Waals surface area contributed by atoms with Crippen LogP contribution in [0.3, 0.4) is 0 Å². The highest BCUT2D eigenvalue weighted by Crippen LogP contribution is 2.25. The molecule has 0 saturated heterocycles. The summed E-state index contributed by atoms with van der Waals surface area (Å²) in [6.07, 6.45) is 1.32. The van der Waals surface area contributed by atoms with Gasteiger partial charge in [-0.3, -0.25) is 14.4 Å². The van der Waals surface area contributed by atoms with Crippen LogP contribution in [0.25, 0.3) is 0 Å². The number of rotatable bonds is 7. The van der Waals surface area contributed by atoms with E-state index in [1.165, 1.54) is 24.4 Å². The third-order valence-corrected chi connectivity index (χ3v) is 5.18. The molecule has 0 aliphatic heterocycles. The van der Waals surface area contributed by atoms with Crippen molar-refractivity contribution < 1.29 is 23.5 Å². The van der Waals surface area contributed by atoms with E-state index < -0.39 is 17.6 Å². The Balaban J connectivity index is 1.46. The number of benzene rings is 3. The number of carbonyl (C=O) groups is 3. The molecule has 180 valence electrons. The van der Waals surface area contributed by atoms with Crippen LogP contribution in [0.4, 0.5) is 15.8 Å². The van der Waals surface area contributed by atoms with Crippen molar-refractivity contribution in [2.24, 2.45) is 5.10 Å². The van der Waals surface area contributed by atoms with Gasteiger partial charge < -0.3 is 15.4 Å². The molecule has 0 aromatic heterocycles. The van der Waals surface area contributed by atoms with E-state index in [2.05, 4.69) is 37.1 Å². The topological polar surface area (TPSA) is 109 Å². The maximum absolute atomic E-state index is 13.6. The largest absolute Gasteiger partial charge is 0.484 e. The van der Waals surface area contributed by atoms with Crippen molar-refractivity contribution >= 4 is 51.2 Å². The number of hydrazone groups is 1. The second kappa shape index (κ2) is 11.9. The molecule has 3 aromatic rings. The Morgan fingerprint density at radius 3 is 2.29 bits per heavy atom. The summed E-state index contributed by atoms with van der Waals surface area (Å²) in [4.78, 5) is 35.9. The average Bonchev–Trinajstić information content (AvgIpc) is 2.82. The summed E-state index contributed by atoms with van der Waals surface area (Å²) in [5.41, 5.74) is 5.19. The summed E-state index contributed by atoms with van der Waals surface area (Å²) in [7, 11) is 0. The van der Waals surface area contributed by atoms with Gasteiger partial charge in [0.1, 0.15) is 11.6 Å². The molecule has 10 heteroatoms. The zero-order valence-corrected chi connectivity index (χ0v) is 20.5. The molecule has 0 radical (unpaired) electrons. The van der Waals surface area contributed by atoms with Crippen molar-refractivity contribution in [2.45, 2.75) is 13.8 Å². The second-order valence-corrected chi connectivity index (χ2v) is 8.37. The van der Waals surface area contributed by atoms with E-state index in [0.717, 1.165) is 27.4 Å². The van der Waals surface area contributed by atoms with Gasteiger partial charge in [0.25, 0.3) is 5.91 Å². The van der Waals surface area contributed by atoms with Crippen molar-refractivity contribution in [1.82, 2.24) is 5.43 Å². The standard InChI is InChI=1S/C25H22BrFN4O4/c1-15-11-18(26)12-16(2)23(15)30-22(32)14-35-19-9-7-17(8-10-19)13-28-31-25(34)24(33)29-21-6-4-3-5-20(21)27/h3-13H,14H2,1-2H3,(H,29,33)(H,30,32)(H,31,34)/b28-13-. The van der Waals surface area contributed by atoms with E-state index in [-0.39, 0.29) is 18.2 Å². The molecule has 0 fully saturated rings. The second-order valence-electron chi connectivity index (χ2n) is 7.45. The monoisotopic (exact) mass is 540 g/mol. The van der Waals surface area contributed by atoms with Gasteiger partial charge in [0.2, 0.25) is 0 Å². The predicted molar refractivity (Wildman–Crippen MR) is 135 cm³/mol. The van der Waals surface area contributed by atoms with E-state index in [4.69, 9.17) is 4.74 Å². The molecule has 0 spiro atoms. The summed E-state index contributed by atoms with van der Waals surface area (Å²) in [6.45, 7) is 3.65. The average molecular weight is 541 g/mol. The van der Waals surface area contributed by atoms with Crippen LogP contribution < -0.4 is 20.8 Å². The van der Waals surface area contributed by atoms with Crippen LogP contribution in [0.15, 0.2) is 70.2 Å². The first-order chi connectivity index (χ1) is 16.7. The molecule has 0 atom stereocenters. The fourth-order valence-corrected chi connectivity index (χ4v) is 3.73. The highest BCUT2D eigenvalue weighted by molar-refractivity contribution is 9.10. The van der Waals surface area contributed by atoms with Gasteiger partial charge >= 0.3 is 11.8 Å². The number of nitrogens with zero attached hydrogens (tertiary/aromatic N) is 1. The van der Waals surface area contributed by atoms with Crippen LogP contribution in [0, 0.1) is 19.7 Å². The highest BCUT2D eigenvalue weighted by atomic mass is 79.9. The Morgan fingerprint density at radius 2 is 1.63 bits per heavy atom. The number of halogens is 2. The normalized spacial score (nSPS) is 10.6. The Hall–Kier alpha value is -4.05. The smallest absolute Gasteiger partial charge is 0.329 e. The number of carbonyl (C=O) groups excluding carboxylic acids is 3. The lowest BCUT2D eigenvalue weighted by molar-refractivity contribution is -0.136. The van der Waals surface area contributed by atoms with Crippen molar-refractivity contribution in [3.05, 3.63) is 87.6 Å². The van der Waals surface area contributed by atoms with Crippen LogP contribution >= 0.6 is 15.9 Å². The number of hydrogen-bond donors (Lipinski definition) is 3. The molecule has 0 saturated carbocycles. The minimum atomic E-state index is -1.05. The quantitative estimate of drug-likeness (QED) is 0.235. The van der Waals surface area contributed by atoms with Crippen molar-refractivity contribution in [3.63, 3.8) is 0 Å². The zero-order valence-electron chi connectivity index (χ0n) is 18.9. The molecule has 3 N–H and O–H groups in total. The van der Waals surface area contributed by atoms with Crippen LogP contribution in [0.1, 0.15) is 16.7 Å². The van der Waals surface area contributed by atoms with Gasteiger partial charge in [-0.05, 0) is 79.1 Å². The molecular weight excluding hydrogens is 519 g/mol. The number of ether oxygens (including phenoxy) is 1. The van der Waals surface area contributed by atoms with Gasteiger partial charge in [-0.15, -0.1) is 0 Å². The number of amides is 3. The lowest BCUT2D eigenvalue weighted by atomic mass is 10.1. The Kier molecular flexibility index (Phi) is 8.69. The molecule has 0 bridgehead atoms. The first kappa shape index (κ1) is 25.6. The number of anilines is 2. The molecule has 3 rings (SSSR count). The molecule has 35 heavy (non-hydrogen) atoms. The van der Waals surface area contributed by atoms with Gasteiger partial charge in [0, 0.05) is 10.2 Å². The molecule has 0 unspecified atom stereocenters. The summed E-state index contributed by atoms with van der Waals surface area (Å²) in [6, 6.07) is 15.9. The third kappa shape index (κ3) is 7.47. The minimum absolute atomic E-state index is 0.108. The van der Waals surface area contributed by atoms with Gasteiger partial charge in [0.15, 0.2) is 6.61 Å². The number of hydrogen-bond acceptors (Lipinski definition) is 5. The first-order valence-electron chi connectivity index (χ1n) is 10.4. The summed E-state index contributed by atoms with van der Waals surface area (Å²) in [5, 5.41) is 8.73. The van der Waals surface area contributed by atoms with Crippen LogP contribution in [-0.4, -0.2) is 30.5 Å². The SMILES string of the molecule is Cc1cc(Br)cc(C)c1NC(=O)COc1ccc(/C=N\NC(=O)C(=O)Nc2ccccc2F)cc1. The lowest BCUT2D eigenvalue weighted by Crippen LogP contribution is -2.32. The van der Waals surface area contributed by atoms with Crippen molar-refractivity contribution in [3.8, 4) is 5.75 Å². The summed E-state index contributed by atoms with van der Waals surface area (Å²) < 4.78 is 20.0. The zero-order chi connectivity index (χ0) is 25.4. The summed E-state index contributed by atoms with van der Waals surface area (Å²) >= 11 is 3.43. The van der Waals surface area contributed by atoms with E-state index in [9.17, 15) is 18.8 Å². The Morgan fingerprint density at radius 1 is 0.971 bits per heavy atom. The van der Waals surface area contributed by atoms with Crippen molar-refractivity contribution in [2.75, 3.05) is 17.2 Å². The number of nitrogens with one attached hydrogen (secondary N) is 3. The first-order valence-corrected chi connectivity index (χ1v) is 11.2. The minimum Gasteiger partial charge on any atom is -0.484 e. The Labute approximate surface area is 209 Å². The molecule has 3 aromatic carbocycles. The lowest BCUT2D eigenvalue weighted by Gasteiger charge is -2.13. The van der Waals surface area contributed by atoms with E-state index in [1.54, 1.807) is 24.3 Å². The molecule has 0 aliphatic carbocycles. The molecule has 3 amide bonds. The highest BCUT2D eigenvalue weighted by Gasteiger charge is 2.14. The van der Waals surface area contributed by atoms with Crippen LogP contribution in [0.5, 0.6) is 5.75 Å². The van der Waals surface area contributed by atoms with Gasteiger partial charge in [-0.1, -0.05) is 28.1 Å². The van der Waals surface area contributed by atoms with E-state index >= 15 is 0 Å². The van der Waals surface area contributed by atoms with Gasteiger partial charge in [0.05, 0.1) is 11.9 Å². The maximum Gasteiger partial charge on any atom is 0.329 e. The molecule has 8 nitrogen and oxygen atoms in total. The number of aryl methyl sites for hydroxylation is 2.